The van der Waals surface area contributed by atoms with E-state index in [1.54, 1.807) is 29.5 Å². The molecule has 0 saturated carbocycles. The van der Waals surface area contributed by atoms with Crippen molar-refractivity contribution in [3.05, 3.63) is 51.3 Å². The fraction of sp³-hybridized carbons (Fsp3) is 0.292. The third-order valence-electron chi connectivity index (χ3n) is 5.35. The maximum atomic E-state index is 13.1. The van der Waals surface area contributed by atoms with E-state index in [2.05, 4.69) is 10.3 Å². The summed E-state index contributed by atoms with van der Waals surface area (Å²) in [5.41, 5.74) is 2.80. The Morgan fingerprint density at radius 2 is 2.06 bits per heavy atom. The van der Waals surface area contributed by atoms with Gasteiger partial charge in [0.05, 0.1) is 28.5 Å². The van der Waals surface area contributed by atoms with Gasteiger partial charge in [-0.2, -0.15) is 0 Å². The minimum absolute atomic E-state index is 0.159. The first-order chi connectivity index (χ1) is 15.8. The highest BCUT2D eigenvalue weighted by Gasteiger charge is 2.35. The zero-order chi connectivity index (χ0) is 23.7. The molecule has 0 bridgehead atoms. The van der Waals surface area contributed by atoms with Gasteiger partial charge in [0.15, 0.2) is 6.10 Å². The zero-order valence-electron chi connectivity index (χ0n) is 18.8. The van der Waals surface area contributed by atoms with Crippen molar-refractivity contribution in [1.82, 2.24) is 4.98 Å². The molecule has 1 aliphatic heterocycles. The number of thiazole rings is 1. The van der Waals surface area contributed by atoms with Gasteiger partial charge >= 0.3 is 0 Å². The summed E-state index contributed by atoms with van der Waals surface area (Å²) in [5.74, 6) is 0.475. The summed E-state index contributed by atoms with van der Waals surface area (Å²) in [4.78, 5) is 33.2. The van der Waals surface area contributed by atoms with E-state index in [9.17, 15) is 9.59 Å². The quantitative estimate of drug-likeness (QED) is 0.517. The Labute approximate surface area is 201 Å². The van der Waals surface area contributed by atoms with E-state index in [-0.39, 0.29) is 18.4 Å². The first-order valence-electron chi connectivity index (χ1n) is 10.5. The molecule has 0 radical (unpaired) electrons. The Hall–Kier alpha value is -3.10. The van der Waals surface area contributed by atoms with Gasteiger partial charge in [0.1, 0.15) is 18.0 Å². The van der Waals surface area contributed by atoms with Gasteiger partial charge in [0, 0.05) is 16.1 Å². The van der Waals surface area contributed by atoms with Gasteiger partial charge in [0.25, 0.3) is 5.91 Å². The van der Waals surface area contributed by atoms with Crippen molar-refractivity contribution < 1.29 is 19.1 Å². The highest BCUT2D eigenvalue weighted by molar-refractivity contribution is 7.11. The number of amides is 2. The lowest BCUT2D eigenvalue weighted by atomic mass is 10.1. The number of hydrogen-bond donors (Lipinski definition) is 1. The van der Waals surface area contributed by atoms with Gasteiger partial charge in [-0.15, -0.1) is 11.3 Å². The van der Waals surface area contributed by atoms with Crippen molar-refractivity contribution in [3.63, 3.8) is 0 Å². The molecule has 9 heteroatoms. The number of halogens is 1. The molecule has 3 aromatic rings. The SMILES string of the molecule is CCC1Oc2ccc(-c3nc(C)sc3C)cc2N(CC(=O)Nc2ccc(OC)c(Cl)c2)C1=O. The molecule has 1 aliphatic rings. The van der Waals surface area contributed by atoms with Crippen LogP contribution in [0.2, 0.25) is 5.02 Å². The van der Waals surface area contributed by atoms with Crippen LogP contribution < -0.4 is 19.7 Å². The normalized spacial score (nSPS) is 15.1. The molecular weight excluding hydrogens is 462 g/mol. The van der Waals surface area contributed by atoms with Crippen molar-refractivity contribution in [3.8, 4) is 22.8 Å². The molecule has 2 heterocycles. The molecule has 7 nitrogen and oxygen atoms in total. The van der Waals surface area contributed by atoms with E-state index in [4.69, 9.17) is 21.1 Å². The van der Waals surface area contributed by atoms with Gasteiger partial charge in [-0.3, -0.25) is 14.5 Å². The van der Waals surface area contributed by atoms with Gasteiger partial charge in [-0.25, -0.2) is 4.98 Å². The number of benzene rings is 2. The Bertz CT molecular complexity index is 1230. The fourth-order valence-corrected chi connectivity index (χ4v) is 4.88. The fourth-order valence-electron chi connectivity index (χ4n) is 3.78. The van der Waals surface area contributed by atoms with E-state index < -0.39 is 6.10 Å². The largest absolute Gasteiger partial charge is 0.495 e. The molecule has 0 fully saturated rings. The van der Waals surface area contributed by atoms with E-state index in [0.29, 0.717) is 34.3 Å². The first-order valence-corrected chi connectivity index (χ1v) is 11.7. The summed E-state index contributed by atoms with van der Waals surface area (Å²) < 4.78 is 11.1. The van der Waals surface area contributed by atoms with Gasteiger partial charge in [0.2, 0.25) is 5.91 Å². The van der Waals surface area contributed by atoms with Crippen molar-refractivity contribution in [2.24, 2.45) is 0 Å². The van der Waals surface area contributed by atoms with Crippen LogP contribution in [0.1, 0.15) is 23.2 Å². The maximum absolute atomic E-state index is 13.1. The van der Waals surface area contributed by atoms with Crippen LogP contribution >= 0.6 is 22.9 Å². The van der Waals surface area contributed by atoms with E-state index in [1.807, 2.05) is 39.0 Å². The first kappa shape index (κ1) is 23.1. The van der Waals surface area contributed by atoms with Crippen LogP contribution in [0.4, 0.5) is 11.4 Å². The molecule has 0 saturated heterocycles. The predicted molar refractivity (Wildman–Crippen MR) is 131 cm³/mol. The predicted octanol–water partition coefficient (Wildman–Crippen LogP) is 5.23. The zero-order valence-corrected chi connectivity index (χ0v) is 20.3. The summed E-state index contributed by atoms with van der Waals surface area (Å²) in [7, 11) is 1.52. The van der Waals surface area contributed by atoms with Gasteiger partial charge in [-0.05, 0) is 56.7 Å². The molecule has 1 N–H and O–H groups in total. The Balaban J connectivity index is 1.63. The lowest BCUT2D eigenvalue weighted by Gasteiger charge is -2.34. The number of anilines is 2. The van der Waals surface area contributed by atoms with Crippen LogP contribution in [0.5, 0.6) is 11.5 Å². The molecule has 0 aliphatic carbocycles. The number of aromatic nitrogens is 1. The van der Waals surface area contributed by atoms with Crippen LogP contribution in [0, 0.1) is 13.8 Å². The summed E-state index contributed by atoms with van der Waals surface area (Å²) in [6, 6.07) is 10.6. The number of carbonyl (C=O) groups is 2. The van der Waals surface area contributed by atoms with Crippen molar-refractivity contribution in [2.75, 3.05) is 23.9 Å². The van der Waals surface area contributed by atoms with Gasteiger partial charge in [-0.1, -0.05) is 18.5 Å². The number of nitrogens with zero attached hydrogens (tertiary/aromatic N) is 2. The number of nitrogens with one attached hydrogen (secondary N) is 1. The summed E-state index contributed by atoms with van der Waals surface area (Å²) in [6.45, 7) is 5.69. The molecule has 4 rings (SSSR count). The molecule has 2 amide bonds. The second kappa shape index (κ2) is 9.41. The third kappa shape index (κ3) is 4.67. The summed E-state index contributed by atoms with van der Waals surface area (Å²) in [5, 5.41) is 4.15. The number of aryl methyl sites for hydroxylation is 2. The summed E-state index contributed by atoms with van der Waals surface area (Å²) >= 11 is 7.78. The number of hydrogen-bond acceptors (Lipinski definition) is 6. The van der Waals surface area contributed by atoms with E-state index in [0.717, 1.165) is 21.1 Å². The molecule has 2 aromatic carbocycles. The molecule has 0 spiro atoms. The minimum atomic E-state index is -0.644. The Kier molecular flexibility index (Phi) is 6.58. The maximum Gasteiger partial charge on any atom is 0.268 e. The van der Waals surface area contributed by atoms with Crippen LogP contribution in [0.15, 0.2) is 36.4 Å². The third-order valence-corrected chi connectivity index (χ3v) is 6.53. The van der Waals surface area contributed by atoms with Crippen LogP contribution in [-0.4, -0.2) is 36.6 Å². The molecular formula is C24H24ClN3O4S. The number of ether oxygens (including phenoxy) is 2. The molecule has 1 unspecified atom stereocenters. The molecule has 1 aromatic heterocycles. The number of rotatable bonds is 6. The number of fused-ring (bicyclic) bond motifs is 1. The smallest absolute Gasteiger partial charge is 0.268 e. The summed E-state index contributed by atoms with van der Waals surface area (Å²) in [6.07, 6.45) is -0.147. The molecule has 33 heavy (non-hydrogen) atoms. The number of methoxy groups -OCH3 is 1. The minimum Gasteiger partial charge on any atom is -0.495 e. The average molecular weight is 486 g/mol. The Morgan fingerprint density at radius 1 is 1.27 bits per heavy atom. The van der Waals surface area contributed by atoms with Crippen molar-refractivity contribution >= 4 is 46.1 Å². The Morgan fingerprint density at radius 3 is 2.70 bits per heavy atom. The second-order valence-corrected chi connectivity index (χ2v) is 9.47. The van der Waals surface area contributed by atoms with Crippen LogP contribution in [0.25, 0.3) is 11.3 Å². The average Bonchev–Trinajstić information content (AvgIpc) is 3.13. The van der Waals surface area contributed by atoms with Crippen LogP contribution in [0.3, 0.4) is 0 Å². The van der Waals surface area contributed by atoms with E-state index in [1.165, 1.54) is 12.0 Å². The molecule has 1 atom stereocenters. The van der Waals surface area contributed by atoms with Crippen molar-refractivity contribution in [2.45, 2.75) is 33.3 Å². The second-order valence-electron chi connectivity index (χ2n) is 7.66. The standard InChI is InChI=1S/C24H24ClN3O4S/c1-5-19-24(30)28(12-22(29)27-16-7-9-20(31-4)17(25)11-16)18-10-15(6-8-21(18)32-19)23-13(2)33-14(3)26-23/h6-11,19H,5,12H2,1-4H3,(H,27,29). The number of carbonyl (C=O) groups excluding carboxylic acids is 2. The topological polar surface area (TPSA) is 80.8 Å². The lowest BCUT2D eigenvalue weighted by Crippen LogP contribution is -2.48. The molecule has 172 valence electrons. The highest BCUT2D eigenvalue weighted by atomic mass is 35.5. The highest BCUT2D eigenvalue weighted by Crippen LogP contribution is 2.39. The monoisotopic (exact) mass is 485 g/mol. The lowest BCUT2D eigenvalue weighted by molar-refractivity contribution is -0.128. The van der Waals surface area contributed by atoms with Crippen LogP contribution in [-0.2, 0) is 9.59 Å². The van der Waals surface area contributed by atoms with E-state index >= 15 is 0 Å². The van der Waals surface area contributed by atoms with Gasteiger partial charge < -0.3 is 14.8 Å². The van der Waals surface area contributed by atoms with Crippen molar-refractivity contribution in [1.29, 1.82) is 0 Å².